The number of benzene rings is 1. The van der Waals surface area contributed by atoms with Gasteiger partial charge in [0.05, 0.1) is 11.5 Å². The smallest absolute Gasteiger partial charge is 0.416 e. The average Bonchev–Trinajstić information content (AvgIpc) is 2.60. The van der Waals surface area contributed by atoms with E-state index in [1.807, 2.05) is 0 Å². The van der Waals surface area contributed by atoms with Crippen LogP contribution in [0.3, 0.4) is 0 Å². The number of carbonyl (C=O) groups excluding carboxylic acids is 1. The summed E-state index contributed by atoms with van der Waals surface area (Å²) in [7, 11) is 0. The molecule has 0 aliphatic carbocycles. The van der Waals surface area contributed by atoms with Gasteiger partial charge in [0.1, 0.15) is 0 Å². The summed E-state index contributed by atoms with van der Waals surface area (Å²) in [4.78, 5) is 24.9. The van der Waals surface area contributed by atoms with Crippen LogP contribution < -0.4 is 5.32 Å². The van der Waals surface area contributed by atoms with Gasteiger partial charge < -0.3 is 15.3 Å². The SMILES string of the molecule is CC(NC(=O)N1CCCC(C(=O)O)C1)C(C)c1ccccc1C(F)(F)F. The van der Waals surface area contributed by atoms with Crippen molar-refractivity contribution in [2.75, 3.05) is 13.1 Å². The van der Waals surface area contributed by atoms with Gasteiger partial charge in [-0.25, -0.2) is 4.79 Å². The number of nitrogens with one attached hydrogen (secondary N) is 1. The molecule has 0 spiro atoms. The molecule has 1 aliphatic heterocycles. The van der Waals surface area contributed by atoms with Gasteiger partial charge >= 0.3 is 18.2 Å². The van der Waals surface area contributed by atoms with Gasteiger partial charge in [-0.1, -0.05) is 25.1 Å². The fourth-order valence-corrected chi connectivity index (χ4v) is 3.20. The molecule has 144 valence electrons. The van der Waals surface area contributed by atoms with Crippen molar-refractivity contribution in [1.82, 2.24) is 10.2 Å². The Labute approximate surface area is 150 Å². The standard InChI is InChI=1S/C18H23F3N2O3/c1-11(14-7-3-4-8-15(14)18(19,20)21)12(2)22-17(26)23-9-5-6-13(10-23)16(24)25/h3-4,7-8,11-13H,5-6,9-10H2,1-2H3,(H,22,26)(H,24,25). The maximum Gasteiger partial charge on any atom is 0.416 e. The molecular formula is C18H23F3N2O3. The van der Waals surface area contributed by atoms with Crippen LogP contribution in [-0.4, -0.2) is 41.1 Å². The third-order valence-electron chi connectivity index (χ3n) is 4.92. The first kappa shape index (κ1) is 20.1. The van der Waals surface area contributed by atoms with Gasteiger partial charge in [0.25, 0.3) is 0 Å². The van der Waals surface area contributed by atoms with Crippen LogP contribution >= 0.6 is 0 Å². The summed E-state index contributed by atoms with van der Waals surface area (Å²) < 4.78 is 39.6. The van der Waals surface area contributed by atoms with E-state index in [-0.39, 0.29) is 12.1 Å². The van der Waals surface area contributed by atoms with Crippen LogP contribution in [0.4, 0.5) is 18.0 Å². The molecular weight excluding hydrogens is 349 g/mol. The third kappa shape index (κ3) is 4.68. The quantitative estimate of drug-likeness (QED) is 0.847. The van der Waals surface area contributed by atoms with Gasteiger partial charge in [0.2, 0.25) is 0 Å². The summed E-state index contributed by atoms with van der Waals surface area (Å²) >= 11 is 0. The molecule has 0 bridgehead atoms. The van der Waals surface area contributed by atoms with Gasteiger partial charge in [0, 0.05) is 25.0 Å². The lowest BCUT2D eigenvalue weighted by molar-refractivity contribution is -0.143. The third-order valence-corrected chi connectivity index (χ3v) is 4.92. The van der Waals surface area contributed by atoms with E-state index in [1.54, 1.807) is 13.8 Å². The fraction of sp³-hybridized carbons (Fsp3) is 0.556. The molecule has 1 saturated heterocycles. The van der Waals surface area contributed by atoms with E-state index >= 15 is 0 Å². The molecule has 1 heterocycles. The van der Waals surface area contributed by atoms with Crippen LogP contribution in [0.2, 0.25) is 0 Å². The molecule has 2 amide bonds. The number of hydrogen-bond acceptors (Lipinski definition) is 2. The Hall–Kier alpha value is -2.25. The molecule has 1 aliphatic rings. The van der Waals surface area contributed by atoms with Crippen molar-refractivity contribution in [1.29, 1.82) is 0 Å². The van der Waals surface area contributed by atoms with Gasteiger partial charge in [-0.05, 0) is 31.4 Å². The molecule has 1 aromatic carbocycles. The van der Waals surface area contributed by atoms with Gasteiger partial charge in [-0.3, -0.25) is 4.79 Å². The number of carboxylic acids is 1. The maximum atomic E-state index is 13.2. The zero-order chi connectivity index (χ0) is 19.5. The number of hydrogen-bond donors (Lipinski definition) is 2. The second-order valence-corrected chi connectivity index (χ2v) is 6.74. The first-order chi connectivity index (χ1) is 12.1. The number of rotatable bonds is 4. The van der Waals surface area contributed by atoms with Crippen LogP contribution in [-0.2, 0) is 11.0 Å². The highest BCUT2D eigenvalue weighted by atomic mass is 19.4. The van der Waals surface area contributed by atoms with Crippen LogP contribution in [0.5, 0.6) is 0 Å². The van der Waals surface area contributed by atoms with Crippen LogP contribution in [0, 0.1) is 5.92 Å². The maximum absolute atomic E-state index is 13.2. The monoisotopic (exact) mass is 372 g/mol. The molecule has 5 nitrogen and oxygen atoms in total. The minimum absolute atomic E-state index is 0.113. The number of carbonyl (C=O) groups is 2. The number of nitrogens with zero attached hydrogens (tertiary/aromatic N) is 1. The van der Waals surface area contributed by atoms with E-state index < -0.39 is 41.6 Å². The summed E-state index contributed by atoms with van der Waals surface area (Å²) in [5.74, 6) is -2.10. The van der Waals surface area contributed by atoms with E-state index in [0.29, 0.717) is 19.4 Å². The summed E-state index contributed by atoms with van der Waals surface area (Å²) in [5.41, 5.74) is -0.590. The van der Waals surface area contributed by atoms with Crippen LogP contribution in [0.25, 0.3) is 0 Å². The topological polar surface area (TPSA) is 69.6 Å². The Kier molecular flexibility index (Phi) is 6.15. The van der Waals surface area contributed by atoms with Crippen molar-refractivity contribution in [3.63, 3.8) is 0 Å². The molecule has 1 aromatic rings. The average molecular weight is 372 g/mol. The highest BCUT2D eigenvalue weighted by Gasteiger charge is 2.35. The van der Waals surface area contributed by atoms with E-state index in [2.05, 4.69) is 5.32 Å². The lowest BCUT2D eigenvalue weighted by Crippen LogP contribution is -2.50. The molecule has 26 heavy (non-hydrogen) atoms. The first-order valence-corrected chi connectivity index (χ1v) is 8.55. The van der Waals surface area contributed by atoms with E-state index in [1.165, 1.54) is 23.1 Å². The van der Waals surface area contributed by atoms with Gasteiger partial charge in [-0.15, -0.1) is 0 Å². The largest absolute Gasteiger partial charge is 0.481 e. The number of aliphatic carboxylic acids is 1. The van der Waals surface area contributed by atoms with Crippen molar-refractivity contribution in [2.45, 2.75) is 44.8 Å². The van der Waals surface area contributed by atoms with Crippen molar-refractivity contribution in [3.05, 3.63) is 35.4 Å². The Morgan fingerprint density at radius 3 is 2.54 bits per heavy atom. The number of carboxylic acid groups (broad SMARTS) is 1. The highest BCUT2D eigenvalue weighted by Crippen LogP contribution is 2.36. The van der Waals surface area contributed by atoms with Crippen LogP contribution in [0.15, 0.2) is 24.3 Å². The lowest BCUT2D eigenvalue weighted by atomic mass is 9.90. The number of amides is 2. The predicted molar refractivity (Wildman–Crippen MR) is 89.8 cm³/mol. The zero-order valence-corrected chi connectivity index (χ0v) is 14.7. The summed E-state index contributed by atoms with van der Waals surface area (Å²) in [6, 6.07) is 4.33. The Morgan fingerprint density at radius 2 is 1.92 bits per heavy atom. The zero-order valence-electron chi connectivity index (χ0n) is 14.7. The summed E-state index contributed by atoms with van der Waals surface area (Å²) in [6.07, 6.45) is -3.36. The summed E-state index contributed by atoms with van der Waals surface area (Å²) in [5, 5.41) is 11.8. The molecule has 8 heteroatoms. The Bertz CT molecular complexity index is 663. The van der Waals surface area contributed by atoms with E-state index in [4.69, 9.17) is 5.11 Å². The first-order valence-electron chi connectivity index (χ1n) is 8.55. The lowest BCUT2D eigenvalue weighted by Gasteiger charge is -2.33. The Morgan fingerprint density at radius 1 is 1.27 bits per heavy atom. The second-order valence-electron chi connectivity index (χ2n) is 6.74. The predicted octanol–water partition coefficient (Wildman–Crippen LogP) is 3.70. The molecule has 0 saturated carbocycles. The van der Waals surface area contributed by atoms with Crippen molar-refractivity contribution in [3.8, 4) is 0 Å². The minimum Gasteiger partial charge on any atom is -0.481 e. The molecule has 1 fully saturated rings. The molecule has 3 unspecified atom stereocenters. The van der Waals surface area contributed by atoms with Gasteiger partial charge in [0.15, 0.2) is 0 Å². The number of alkyl halides is 3. The van der Waals surface area contributed by atoms with Crippen molar-refractivity contribution < 1.29 is 27.9 Å². The van der Waals surface area contributed by atoms with Crippen LogP contribution in [0.1, 0.15) is 43.7 Å². The molecule has 2 rings (SSSR count). The minimum atomic E-state index is -4.46. The number of urea groups is 1. The number of likely N-dealkylation sites (tertiary alicyclic amines) is 1. The van der Waals surface area contributed by atoms with Crippen molar-refractivity contribution >= 4 is 12.0 Å². The highest BCUT2D eigenvalue weighted by molar-refractivity contribution is 5.76. The fourth-order valence-electron chi connectivity index (χ4n) is 3.20. The number of piperidine rings is 1. The van der Waals surface area contributed by atoms with E-state index in [9.17, 15) is 22.8 Å². The summed E-state index contributed by atoms with van der Waals surface area (Å²) in [6.45, 7) is 3.83. The number of halogens is 3. The van der Waals surface area contributed by atoms with Crippen molar-refractivity contribution in [2.24, 2.45) is 5.92 Å². The van der Waals surface area contributed by atoms with E-state index in [0.717, 1.165) is 6.07 Å². The molecule has 2 N–H and O–H groups in total. The second kappa shape index (κ2) is 7.97. The van der Waals surface area contributed by atoms with Gasteiger partial charge in [-0.2, -0.15) is 13.2 Å². The Balaban J connectivity index is 2.07. The molecule has 3 atom stereocenters. The molecule has 0 aromatic heterocycles. The normalized spacial score (nSPS) is 20.3. The molecule has 0 radical (unpaired) electrons.